The fourth-order valence-corrected chi connectivity index (χ4v) is 4.07. The molecule has 1 heterocycles. The third kappa shape index (κ3) is 3.19. The number of carbonyl (C=O) groups is 1. The Balaban J connectivity index is 2.10. The average molecular weight is 297 g/mol. The molecule has 1 aromatic rings. The highest BCUT2D eigenvalue weighted by molar-refractivity contribution is 7.88. The fourth-order valence-electron chi connectivity index (χ4n) is 2.35. The molecule has 2 rings (SSSR count). The summed E-state index contributed by atoms with van der Waals surface area (Å²) in [6.45, 7) is 5.25. The van der Waals surface area contributed by atoms with E-state index in [9.17, 15) is 13.2 Å². The molecular weight excluding hydrogens is 278 g/mol. The van der Waals surface area contributed by atoms with Crippen LogP contribution >= 0.6 is 0 Å². The number of sulfonamides is 1. The van der Waals surface area contributed by atoms with Crippen LogP contribution in [-0.4, -0.2) is 36.9 Å². The standard InChI is InChI=1S/C14H19NO4S/c1-10-7-15(8-11(10)2)20(18,19)9-12-3-5-13(6-4-12)14(16)17/h3-6,10-11H,7-9H2,1-2H3,(H,16,17). The Morgan fingerprint density at radius 1 is 1.20 bits per heavy atom. The van der Waals surface area contributed by atoms with E-state index in [0.717, 1.165) is 0 Å². The van der Waals surface area contributed by atoms with Crippen molar-refractivity contribution in [1.29, 1.82) is 0 Å². The van der Waals surface area contributed by atoms with Crippen molar-refractivity contribution in [2.75, 3.05) is 13.1 Å². The van der Waals surface area contributed by atoms with Gasteiger partial charge in [0.2, 0.25) is 10.0 Å². The first-order chi connectivity index (χ1) is 9.29. The number of nitrogens with zero attached hydrogens (tertiary/aromatic N) is 1. The van der Waals surface area contributed by atoms with Gasteiger partial charge in [0.25, 0.3) is 0 Å². The summed E-state index contributed by atoms with van der Waals surface area (Å²) in [5, 5.41) is 8.81. The highest BCUT2D eigenvalue weighted by Crippen LogP contribution is 2.26. The third-order valence-electron chi connectivity index (χ3n) is 3.90. The molecule has 20 heavy (non-hydrogen) atoms. The maximum Gasteiger partial charge on any atom is 0.335 e. The Morgan fingerprint density at radius 3 is 2.15 bits per heavy atom. The molecule has 1 fully saturated rings. The van der Waals surface area contributed by atoms with Gasteiger partial charge in [0, 0.05) is 13.1 Å². The number of carboxylic acids is 1. The van der Waals surface area contributed by atoms with E-state index in [1.54, 1.807) is 12.1 Å². The van der Waals surface area contributed by atoms with E-state index in [4.69, 9.17) is 5.11 Å². The fraction of sp³-hybridized carbons (Fsp3) is 0.500. The van der Waals surface area contributed by atoms with Crippen LogP contribution < -0.4 is 0 Å². The molecule has 110 valence electrons. The van der Waals surface area contributed by atoms with Crippen LogP contribution in [0.1, 0.15) is 29.8 Å². The van der Waals surface area contributed by atoms with Gasteiger partial charge in [-0.15, -0.1) is 0 Å². The normalized spacial score (nSPS) is 23.9. The van der Waals surface area contributed by atoms with Crippen molar-refractivity contribution < 1.29 is 18.3 Å². The van der Waals surface area contributed by atoms with Gasteiger partial charge in [-0.1, -0.05) is 26.0 Å². The molecule has 1 aliphatic rings. The lowest BCUT2D eigenvalue weighted by Gasteiger charge is -2.16. The Morgan fingerprint density at radius 2 is 1.70 bits per heavy atom. The molecular formula is C14H19NO4S. The van der Waals surface area contributed by atoms with Gasteiger partial charge in [0.15, 0.2) is 0 Å². The number of aromatic carboxylic acids is 1. The Bertz CT molecular complexity index is 584. The van der Waals surface area contributed by atoms with Crippen molar-refractivity contribution in [2.45, 2.75) is 19.6 Å². The predicted molar refractivity (Wildman–Crippen MR) is 75.9 cm³/mol. The minimum Gasteiger partial charge on any atom is -0.478 e. The zero-order valence-corrected chi connectivity index (χ0v) is 12.4. The first-order valence-corrected chi connectivity index (χ1v) is 8.20. The lowest BCUT2D eigenvalue weighted by molar-refractivity contribution is 0.0697. The van der Waals surface area contributed by atoms with Crippen molar-refractivity contribution >= 4 is 16.0 Å². The minimum atomic E-state index is -3.33. The summed E-state index contributed by atoms with van der Waals surface area (Å²) in [6, 6.07) is 5.98. The monoisotopic (exact) mass is 297 g/mol. The molecule has 2 unspecified atom stereocenters. The average Bonchev–Trinajstić information content (AvgIpc) is 2.71. The van der Waals surface area contributed by atoms with Crippen LogP contribution in [0.5, 0.6) is 0 Å². The minimum absolute atomic E-state index is 0.0770. The zero-order valence-electron chi connectivity index (χ0n) is 11.6. The Labute approximate surface area is 119 Å². The van der Waals surface area contributed by atoms with E-state index in [0.29, 0.717) is 30.5 Å². The molecule has 1 N–H and O–H groups in total. The summed E-state index contributed by atoms with van der Waals surface area (Å²) >= 11 is 0. The summed E-state index contributed by atoms with van der Waals surface area (Å²) in [5.74, 6) is -0.341. The zero-order chi connectivity index (χ0) is 14.9. The van der Waals surface area contributed by atoms with Crippen LogP contribution in [0, 0.1) is 11.8 Å². The van der Waals surface area contributed by atoms with Crippen LogP contribution in [0.3, 0.4) is 0 Å². The molecule has 1 aliphatic heterocycles. The van der Waals surface area contributed by atoms with E-state index >= 15 is 0 Å². The molecule has 0 aromatic heterocycles. The Hall–Kier alpha value is -1.40. The summed E-state index contributed by atoms with van der Waals surface area (Å²) < 4.78 is 26.2. The predicted octanol–water partition coefficient (Wildman–Crippen LogP) is 1.80. The molecule has 2 atom stereocenters. The molecule has 0 aliphatic carbocycles. The summed E-state index contributed by atoms with van der Waals surface area (Å²) in [5.41, 5.74) is 0.775. The SMILES string of the molecule is CC1CN(S(=O)(=O)Cc2ccc(C(=O)O)cc2)CC1C. The second kappa shape index (κ2) is 5.54. The first-order valence-electron chi connectivity index (χ1n) is 6.59. The molecule has 0 radical (unpaired) electrons. The van der Waals surface area contributed by atoms with Gasteiger partial charge in [0.1, 0.15) is 0 Å². The third-order valence-corrected chi connectivity index (χ3v) is 5.68. The van der Waals surface area contributed by atoms with Crippen molar-refractivity contribution in [3.05, 3.63) is 35.4 Å². The topological polar surface area (TPSA) is 74.7 Å². The first kappa shape index (κ1) is 15.0. The highest BCUT2D eigenvalue weighted by atomic mass is 32.2. The lowest BCUT2D eigenvalue weighted by Crippen LogP contribution is -2.30. The molecule has 1 aromatic carbocycles. The van der Waals surface area contributed by atoms with Gasteiger partial charge < -0.3 is 5.11 Å². The Kier molecular flexibility index (Phi) is 4.15. The lowest BCUT2D eigenvalue weighted by atomic mass is 10.0. The van der Waals surface area contributed by atoms with Crippen molar-refractivity contribution in [2.24, 2.45) is 11.8 Å². The van der Waals surface area contributed by atoms with E-state index in [1.807, 2.05) is 0 Å². The second-order valence-electron chi connectivity index (χ2n) is 5.53. The van der Waals surface area contributed by atoms with Crippen LogP contribution in [0.2, 0.25) is 0 Å². The molecule has 0 bridgehead atoms. The van der Waals surface area contributed by atoms with Gasteiger partial charge >= 0.3 is 5.97 Å². The molecule has 0 amide bonds. The summed E-state index contributed by atoms with van der Waals surface area (Å²) in [4.78, 5) is 10.8. The molecule has 1 saturated heterocycles. The van der Waals surface area contributed by atoms with Crippen LogP contribution in [0.25, 0.3) is 0 Å². The van der Waals surface area contributed by atoms with Crippen LogP contribution in [0.15, 0.2) is 24.3 Å². The van der Waals surface area contributed by atoms with Crippen molar-refractivity contribution in [1.82, 2.24) is 4.31 Å². The van der Waals surface area contributed by atoms with Gasteiger partial charge in [-0.05, 0) is 29.5 Å². The summed E-state index contributed by atoms with van der Waals surface area (Å²) in [7, 11) is -3.33. The van der Waals surface area contributed by atoms with E-state index < -0.39 is 16.0 Å². The van der Waals surface area contributed by atoms with Gasteiger partial charge in [0.05, 0.1) is 11.3 Å². The maximum atomic E-state index is 12.3. The quantitative estimate of drug-likeness (QED) is 0.919. The molecule has 5 nitrogen and oxygen atoms in total. The molecule has 6 heteroatoms. The number of hydrogen-bond acceptors (Lipinski definition) is 3. The van der Waals surface area contributed by atoms with E-state index in [-0.39, 0.29) is 11.3 Å². The van der Waals surface area contributed by atoms with Crippen LogP contribution in [0.4, 0.5) is 0 Å². The van der Waals surface area contributed by atoms with Gasteiger partial charge in [-0.25, -0.2) is 17.5 Å². The summed E-state index contributed by atoms with van der Waals surface area (Å²) in [6.07, 6.45) is 0. The second-order valence-corrected chi connectivity index (χ2v) is 7.50. The van der Waals surface area contributed by atoms with Gasteiger partial charge in [-0.2, -0.15) is 0 Å². The highest BCUT2D eigenvalue weighted by Gasteiger charge is 2.33. The van der Waals surface area contributed by atoms with Gasteiger partial charge in [-0.3, -0.25) is 0 Å². The van der Waals surface area contributed by atoms with Crippen molar-refractivity contribution in [3.8, 4) is 0 Å². The molecule has 0 saturated carbocycles. The number of rotatable bonds is 4. The number of hydrogen-bond donors (Lipinski definition) is 1. The van der Waals surface area contributed by atoms with E-state index in [1.165, 1.54) is 16.4 Å². The van der Waals surface area contributed by atoms with Crippen molar-refractivity contribution in [3.63, 3.8) is 0 Å². The number of carboxylic acid groups (broad SMARTS) is 1. The van der Waals surface area contributed by atoms with Crippen LogP contribution in [-0.2, 0) is 15.8 Å². The number of benzene rings is 1. The molecule has 0 spiro atoms. The maximum absolute atomic E-state index is 12.3. The van der Waals surface area contributed by atoms with E-state index in [2.05, 4.69) is 13.8 Å². The smallest absolute Gasteiger partial charge is 0.335 e. The largest absolute Gasteiger partial charge is 0.478 e.